The Hall–Kier alpha value is -2.85. The number of rotatable bonds is 6. The minimum absolute atomic E-state index is 0.0808. The number of carbonyl (C=O) groups excluding carboxylic acids is 1. The van der Waals surface area contributed by atoms with E-state index in [1.54, 1.807) is 42.5 Å². The minimum Gasteiger partial charge on any atom is -0.507 e. The zero-order chi connectivity index (χ0) is 18.2. The number of hydrogen-bond acceptors (Lipinski definition) is 5. The number of hydrogen-bond donors (Lipinski definition) is 2. The normalized spacial score (nSPS) is 10.8. The van der Waals surface area contributed by atoms with Crippen LogP contribution in [0.1, 0.15) is 24.5 Å². The molecule has 128 valence electrons. The molecule has 0 bridgehead atoms. The SMILES string of the molecule is CC/C(=N\NC(=O)COc1ccccc1C#N)c1cc(Br)ccc1O. The summed E-state index contributed by atoms with van der Waals surface area (Å²) in [5.41, 5.74) is 3.82. The van der Waals surface area contributed by atoms with Crippen molar-refractivity contribution < 1.29 is 14.6 Å². The second-order valence-corrected chi connectivity index (χ2v) is 5.92. The van der Waals surface area contributed by atoms with E-state index < -0.39 is 5.91 Å². The molecule has 6 nitrogen and oxygen atoms in total. The van der Waals surface area contributed by atoms with E-state index in [0.29, 0.717) is 29.0 Å². The third-order valence-corrected chi connectivity index (χ3v) is 3.78. The number of phenols is 1. The van der Waals surface area contributed by atoms with E-state index in [0.717, 1.165) is 4.47 Å². The maximum Gasteiger partial charge on any atom is 0.277 e. The van der Waals surface area contributed by atoms with Crippen molar-refractivity contribution in [2.24, 2.45) is 5.10 Å². The van der Waals surface area contributed by atoms with Crippen LogP contribution >= 0.6 is 15.9 Å². The second-order valence-electron chi connectivity index (χ2n) is 5.01. The van der Waals surface area contributed by atoms with Crippen molar-refractivity contribution in [3.8, 4) is 17.6 Å². The highest BCUT2D eigenvalue weighted by Crippen LogP contribution is 2.23. The third-order valence-electron chi connectivity index (χ3n) is 3.29. The predicted octanol–water partition coefficient (Wildman–Crippen LogP) is 3.34. The number of aromatic hydroxyl groups is 1. The summed E-state index contributed by atoms with van der Waals surface area (Å²) in [4.78, 5) is 11.9. The van der Waals surface area contributed by atoms with Crippen LogP contribution in [0.25, 0.3) is 0 Å². The molecule has 0 aliphatic carbocycles. The van der Waals surface area contributed by atoms with Crippen molar-refractivity contribution in [2.45, 2.75) is 13.3 Å². The lowest BCUT2D eigenvalue weighted by atomic mass is 10.1. The van der Waals surface area contributed by atoms with Gasteiger partial charge in [-0.15, -0.1) is 0 Å². The molecular formula is C18H16BrN3O3. The zero-order valence-corrected chi connectivity index (χ0v) is 15.1. The van der Waals surface area contributed by atoms with Gasteiger partial charge in [0.25, 0.3) is 5.91 Å². The first-order chi connectivity index (χ1) is 12.0. The highest BCUT2D eigenvalue weighted by Gasteiger charge is 2.10. The maximum absolute atomic E-state index is 11.9. The number of ether oxygens (including phenoxy) is 1. The lowest BCUT2D eigenvalue weighted by molar-refractivity contribution is -0.123. The number of benzene rings is 2. The van der Waals surface area contributed by atoms with Crippen LogP contribution in [0.3, 0.4) is 0 Å². The number of para-hydroxylation sites is 1. The van der Waals surface area contributed by atoms with Crippen molar-refractivity contribution in [1.82, 2.24) is 5.43 Å². The summed E-state index contributed by atoms with van der Waals surface area (Å²) in [6.07, 6.45) is 0.516. The molecule has 25 heavy (non-hydrogen) atoms. The van der Waals surface area contributed by atoms with Crippen LogP contribution in [0, 0.1) is 11.3 Å². The van der Waals surface area contributed by atoms with Gasteiger partial charge in [-0.2, -0.15) is 10.4 Å². The molecule has 0 aromatic heterocycles. The number of nitrogens with zero attached hydrogens (tertiary/aromatic N) is 2. The first-order valence-electron chi connectivity index (χ1n) is 7.51. The van der Waals surface area contributed by atoms with Gasteiger partial charge in [-0.25, -0.2) is 5.43 Å². The number of phenolic OH excluding ortho intramolecular Hbond substituents is 1. The summed E-state index contributed by atoms with van der Waals surface area (Å²) in [6.45, 7) is 1.59. The summed E-state index contributed by atoms with van der Waals surface area (Å²) in [5, 5.41) is 23.0. The molecule has 0 unspecified atom stereocenters. The largest absolute Gasteiger partial charge is 0.507 e. The molecule has 7 heteroatoms. The Balaban J connectivity index is 2.03. The number of halogens is 1. The molecule has 0 saturated heterocycles. The van der Waals surface area contributed by atoms with Crippen molar-refractivity contribution in [1.29, 1.82) is 5.26 Å². The average molecular weight is 402 g/mol. The molecule has 2 rings (SSSR count). The Morgan fingerprint density at radius 2 is 2.12 bits per heavy atom. The second kappa shape index (κ2) is 8.85. The number of nitriles is 1. The van der Waals surface area contributed by atoms with Gasteiger partial charge in [0.2, 0.25) is 0 Å². The fraction of sp³-hybridized carbons (Fsp3) is 0.167. The highest BCUT2D eigenvalue weighted by molar-refractivity contribution is 9.10. The number of hydrazone groups is 1. The van der Waals surface area contributed by atoms with Crippen LogP contribution in [0.2, 0.25) is 0 Å². The van der Waals surface area contributed by atoms with Crippen LogP contribution in [0.4, 0.5) is 0 Å². The van der Waals surface area contributed by atoms with E-state index >= 15 is 0 Å². The van der Waals surface area contributed by atoms with Gasteiger partial charge in [0.15, 0.2) is 6.61 Å². The molecule has 0 atom stereocenters. The quantitative estimate of drug-likeness (QED) is 0.573. The number of nitrogens with one attached hydrogen (secondary N) is 1. The molecule has 2 aromatic rings. The fourth-order valence-corrected chi connectivity index (χ4v) is 2.42. The fourth-order valence-electron chi connectivity index (χ4n) is 2.06. The molecule has 0 radical (unpaired) electrons. The molecule has 1 amide bonds. The molecule has 2 aromatic carbocycles. The highest BCUT2D eigenvalue weighted by atomic mass is 79.9. The van der Waals surface area contributed by atoms with Crippen molar-refractivity contribution in [3.05, 3.63) is 58.1 Å². The summed E-state index contributed by atoms with van der Waals surface area (Å²) < 4.78 is 6.14. The number of amides is 1. The topological polar surface area (TPSA) is 94.7 Å². The first kappa shape index (κ1) is 18.5. The van der Waals surface area contributed by atoms with E-state index in [1.807, 2.05) is 13.0 Å². The van der Waals surface area contributed by atoms with Gasteiger partial charge in [-0.05, 0) is 36.8 Å². The van der Waals surface area contributed by atoms with Crippen molar-refractivity contribution >= 4 is 27.5 Å². The molecule has 0 aliphatic heterocycles. The minimum atomic E-state index is -0.465. The Labute approximate surface area is 153 Å². The number of carbonyl (C=O) groups is 1. The molecule has 0 spiro atoms. The molecule has 2 N–H and O–H groups in total. The summed E-state index contributed by atoms with van der Waals surface area (Å²) in [6, 6.07) is 13.6. The van der Waals surface area contributed by atoms with Crippen LogP contribution in [0.15, 0.2) is 52.0 Å². The van der Waals surface area contributed by atoms with Crippen LogP contribution in [-0.2, 0) is 4.79 Å². The van der Waals surface area contributed by atoms with Crippen LogP contribution in [-0.4, -0.2) is 23.3 Å². The van der Waals surface area contributed by atoms with Gasteiger partial charge >= 0.3 is 0 Å². The molecule has 0 aliphatic rings. The van der Waals surface area contributed by atoms with Gasteiger partial charge in [0, 0.05) is 10.0 Å². The molecule has 0 fully saturated rings. The lowest BCUT2D eigenvalue weighted by Gasteiger charge is -2.09. The Kier molecular flexibility index (Phi) is 6.54. The summed E-state index contributed by atoms with van der Waals surface area (Å²) >= 11 is 3.34. The molecular weight excluding hydrogens is 386 g/mol. The molecule has 0 heterocycles. The van der Waals surface area contributed by atoms with Crippen molar-refractivity contribution in [2.75, 3.05) is 6.61 Å². The Bertz CT molecular complexity index is 844. The van der Waals surface area contributed by atoms with Crippen molar-refractivity contribution in [3.63, 3.8) is 0 Å². The van der Waals surface area contributed by atoms with Gasteiger partial charge in [-0.1, -0.05) is 35.0 Å². The van der Waals surface area contributed by atoms with E-state index in [9.17, 15) is 9.90 Å². The zero-order valence-electron chi connectivity index (χ0n) is 13.5. The lowest BCUT2D eigenvalue weighted by Crippen LogP contribution is -2.26. The van der Waals surface area contributed by atoms with E-state index in [4.69, 9.17) is 10.00 Å². The first-order valence-corrected chi connectivity index (χ1v) is 8.30. The van der Waals surface area contributed by atoms with Gasteiger partial charge < -0.3 is 9.84 Å². The molecule has 0 saturated carbocycles. The van der Waals surface area contributed by atoms with Gasteiger partial charge in [-0.3, -0.25) is 4.79 Å². The smallest absolute Gasteiger partial charge is 0.277 e. The Morgan fingerprint density at radius 1 is 1.36 bits per heavy atom. The van der Waals surface area contributed by atoms with Crippen LogP contribution in [0.5, 0.6) is 11.5 Å². The van der Waals surface area contributed by atoms with E-state index in [-0.39, 0.29) is 12.4 Å². The maximum atomic E-state index is 11.9. The van der Waals surface area contributed by atoms with Gasteiger partial charge in [0.05, 0.1) is 11.3 Å². The summed E-state index contributed by atoms with van der Waals surface area (Å²) in [5.74, 6) is -0.0464. The van der Waals surface area contributed by atoms with E-state index in [1.165, 1.54) is 0 Å². The average Bonchev–Trinajstić information content (AvgIpc) is 2.63. The van der Waals surface area contributed by atoms with Gasteiger partial charge in [0.1, 0.15) is 17.6 Å². The van der Waals surface area contributed by atoms with Crippen LogP contribution < -0.4 is 10.2 Å². The summed E-state index contributed by atoms with van der Waals surface area (Å²) in [7, 11) is 0. The Morgan fingerprint density at radius 3 is 2.84 bits per heavy atom. The third kappa shape index (κ3) is 5.06. The predicted molar refractivity (Wildman–Crippen MR) is 97.4 cm³/mol. The van der Waals surface area contributed by atoms with E-state index in [2.05, 4.69) is 26.5 Å². The standard InChI is InChI=1S/C18H16BrN3O3/c1-2-15(14-9-13(19)7-8-16(14)23)21-22-18(24)11-25-17-6-4-3-5-12(17)10-20/h3-9,23H,2,11H2,1H3,(H,22,24)/b21-15+. The monoisotopic (exact) mass is 401 g/mol.